The Hall–Kier alpha value is -1.51. The second-order valence-corrected chi connectivity index (χ2v) is 6.19. The molecule has 0 amide bonds. The second kappa shape index (κ2) is 8.71. The molecule has 0 bridgehead atoms. The lowest BCUT2D eigenvalue weighted by Gasteiger charge is -2.15. The van der Waals surface area contributed by atoms with Crippen LogP contribution in [0.15, 0.2) is 77.0 Å². The van der Waals surface area contributed by atoms with Crippen LogP contribution in [0.1, 0.15) is 18.9 Å². The highest BCUT2D eigenvalue weighted by Crippen LogP contribution is 2.20. The Labute approximate surface area is 131 Å². The minimum absolute atomic E-state index is 0.171. The molecule has 0 aliphatic heterocycles. The molecule has 0 aliphatic rings. The minimum Gasteiger partial charge on any atom is -0.393 e. The largest absolute Gasteiger partial charge is 0.393 e. The highest BCUT2D eigenvalue weighted by Gasteiger charge is 2.11. The summed E-state index contributed by atoms with van der Waals surface area (Å²) >= 11 is 1.69. The molecule has 2 heteroatoms. The SMILES string of the molecule is C[C@H](/C=C\Sc1ccccc1)[C@@H](O)CCc1ccccc1. The molecule has 2 aromatic rings. The van der Waals surface area contributed by atoms with E-state index >= 15 is 0 Å². The Morgan fingerprint density at radius 1 is 1.00 bits per heavy atom. The molecular formula is C19H22OS. The van der Waals surface area contributed by atoms with Crippen LogP contribution in [0.3, 0.4) is 0 Å². The summed E-state index contributed by atoms with van der Waals surface area (Å²) < 4.78 is 0. The Bertz CT molecular complexity index is 536. The van der Waals surface area contributed by atoms with Crippen molar-refractivity contribution < 1.29 is 5.11 Å². The van der Waals surface area contributed by atoms with E-state index in [4.69, 9.17) is 0 Å². The van der Waals surface area contributed by atoms with Crippen LogP contribution in [0, 0.1) is 5.92 Å². The van der Waals surface area contributed by atoms with Crippen molar-refractivity contribution in [3.05, 3.63) is 77.7 Å². The number of aryl methyl sites for hydroxylation is 1. The molecular weight excluding hydrogens is 276 g/mol. The summed E-state index contributed by atoms with van der Waals surface area (Å²) in [6.45, 7) is 2.07. The first-order valence-corrected chi connectivity index (χ1v) is 8.24. The van der Waals surface area contributed by atoms with E-state index in [2.05, 4.69) is 42.7 Å². The molecule has 0 aromatic heterocycles. The van der Waals surface area contributed by atoms with Crippen molar-refractivity contribution in [1.29, 1.82) is 0 Å². The highest BCUT2D eigenvalue weighted by molar-refractivity contribution is 8.02. The molecule has 1 N–H and O–H groups in total. The van der Waals surface area contributed by atoms with Crippen molar-refractivity contribution in [2.45, 2.75) is 30.8 Å². The topological polar surface area (TPSA) is 20.2 Å². The fourth-order valence-corrected chi connectivity index (χ4v) is 2.89. The molecule has 2 rings (SSSR count). The van der Waals surface area contributed by atoms with Gasteiger partial charge in [-0.25, -0.2) is 0 Å². The first kappa shape index (κ1) is 15.9. The van der Waals surface area contributed by atoms with Gasteiger partial charge < -0.3 is 5.11 Å². The fourth-order valence-electron chi connectivity index (χ4n) is 2.09. The maximum atomic E-state index is 10.2. The van der Waals surface area contributed by atoms with Gasteiger partial charge in [0.25, 0.3) is 0 Å². The fraction of sp³-hybridized carbons (Fsp3) is 0.263. The zero-order chi connectivity index (χ0) is 14.9. The van der Waals surface area contributed by atoms with Crippen molar-refractivity contribution in [2.75, 3.05) is 0 Å². The third-order valence-corrected chi connectivity index (χ3v) is 4.35. The quantitative estimate of drug-likeness (QED) is 0.732. The Balaban J connectivity index is 1.75. The van der Waals surface area contributed by atoms with Crippen molar-refractivity contribution in [3.8, 4) is 0 Å². The van der Waals surface area contributed by atoms with Crippen LogP contribution in [-0.2, 0) is 6.42 Å². The van der Waals surface area contributed by atoms with Crippen LogP contribution in [-0.4, -0.2) is 11.2 Å². The number of thioether (sulfide) groups is 1. The van der Waals surface area contributed by atoms with E-state index in [1.54, 1.807) is 11.8 Å². The summed E-state index contributed by atoms with van der Waals surface area (Å²) in [5.74, 6) is 0.171. The predicted molar refractivity (Wildman–Crippen MR) is 91.4 cm³/mol. The molecule has 0 saturated heterocycles. The van der Waals surface area contributed by atoms with Crippen molar-refractivity contribution >= 4 is 11.8 Å². The zero-order valence-electron chi connectivity index (χ0n) is 12.4. The maximum Gasteiger partial charge on any atom is 0.0603 e. The minimum atomic E-state index is -0.294. The number of hydrogen-bond donors (Lipinski definition) is 1. The molecule has 110 valence electrons. The lowest BCUT2D eigenvalue weighted by molar-refractivity contribution is 0.128. The highest BCUT2D eigenvalue weighted by atomic mass is 32.2. The molecule has 0 unspecified atom stereocenters. The van der Waals surface area contributed by atoms with E-state index in [1.165, 1.54) is 10.5 Å². The van der Waals surface area contributed by atoms with Crippen molar-refractivity contribution in [2.24, 2.45) is 5.92 Å². The number of aliphatic hydroxyl groups excluding tert-OH is 1. The normalized spacial score (nSPS) is 14.2. The molecule has 0 saturated carbocycles. The number of benzene rings is 2. The summed E-state index contributed by atoms with van der Waals surface area (Å²) in [6.07, 6.45) is 3.52. The van der Waals surface area contributed by atoms with Gasteiger partial charge >= 0.3 is 0 Å². The standard InChI is InChI=1S/C19H22OS/c1-16(14-15-21-18-10-6-3-7-11-18)19(20)13-12-17-8-4-2-5-9-17/h2-11,14-16,19-20H,12-13H2,1H3/b15-14-/t16-,19+/m1/s1. The zero-order valence-corrected chi connectivity index (χ0v) is 13.2. The van der Waals surface area contributed by atoms with Gasteiger partial charge in [-0.2, -0.15) is 0 Å². The molecule has 21 heavy (non-hydrogen) atoms. The van der Waals surface area contributed by atoms with Gasteiger partial charge in [-0.1, -0.05) is 73.3 Å². The Morgan fingerprint density at radius 2 is 1.62 bits per heavy atom. The third-order valence-electron chi connectivity index (χ3n) is 3.51. The van der Waals surface area contributed by atoms with Crippen LogP contribution >= 0.6 is 11.8 Å². The lowest BCUT2D eigenvalue weighted by Crippen LogP contribution is -2.16. The van der Waals surface area contributed by atoms with Gasteiger partial charge in [0.05, 0.1) is 6.10 Å². The Kier molecular flexibility index (Phi) is 6.58. The number of aliphatic hydroxyl groups is 1. The first-order valence-electron chi connectivity index (χ1n) is 7.36. The average molecular weight is 298 g/mol. The summed E-state index contributed by atoms with van der Waals surface area (Å²) in [5.41, 5.74) is 1.28. The molecule has 0 fully saturated rings. The molecule has 0 aliphatic carbocycles. The molecule has 0 spiro atoms. The predicted octanol–water partition coefficient (Wildman–Crippen LogP) is 4.92. The summed E-state index contributed by atoms with van der Waals surface area (Å²) in [7, 11) is 0. The van der Waals surface area contributed by atoms with Crippen LogP contribution in [0.5, 0.6) is 0 Å². The second-order valence-electron chi connectivity index (χ2n) is 5.21. The number of hydrogen-bond acceptors (Lipinski definition) is 2. The summed E-state index contributed by atoms with van der Waals surface area (Å²) in [4.78, 5) is 1.22. The van der Waals surface area contributed by atoms with E-state index in [9.17, 15) is 5.11 Å². The maximum absolute atomic E-state index is 10.2. The van der Waals surface area contributed by atoms with Gasteiger partial charge in [-0.05, 0) is 35.9 Å². The van der Waals surface area contributed by atoms with Crippen LogP contribution in [0.25, 0.3) is 0 Å². The molecule has 1 nitrogen and oxygen atoms in total. The van der Waals surface area contributed by atoms with E-state index in [0.717, 1.165) is 12.8 Å². The average Bonchev–Trinajstić information content (AvgIpc) is 2.54. The third kappa shape index (κ3) is 5.78. The van der Waals surface area contributed by atoms with Gasteiger partial charge in [0.15, 0.2) is 0 Å². The first-order chi connectivity index (χ1) is 10.3. The monoisotopic (exact) mass is 298 g/mol. The molecule has 0 radical (unpaired) electrons. The van der Waals surface area contributed by atoms with Gasteiger partial charge in [0.2, 0.25) is 0 Å². The lowest BCUT2D eigenvalue weighted by atomic mass is 9.98. The summed E-state index contributed by atoms with van der Waals surface area (Å²) in [6, 6.07) is 20.6. The summed E-state index contributed by atoms with van der Waals surface area (Å²) in [5, 5.41) is 12.3. The van der Waals surface area contributed by atoms with Crippen molar-refractivity contribution in [1.82, 2.24) is 0 Å². The van der Waals surface area contributed by atoms with Gasteiger partial charge in [0, 0.05) is 10.8 Å². The van der Waals surface area contributed by atoms with Gasteiger partial charge in [-0.3, -0.25) is 0 Å². The number of rotatable bonds is 7. The smallest absolute Gasteiger partial charge is 0.0603 e. The molecule has 2 aromatic carbocycles. The van der Waals surface area contributed by atoms with Crippen LogP contribution in [0.4, 0.5) is 0 Å². The van der Waals surface area contributed by atoms with E-state index < -0.39 is 0 Å². The molecule has 0 heterocycles. The van der Waals surface area contributed by atoms with E-state index in [1.807, 2.05) is 36.4 Å². The van der Waals surface area contributed by atoms with Crippen LogP contribution < -0.4 is 0 Å². The Morgan fingerprint density at radius 3 is 2.29 bits per heavy atom. The van der Waals surface area contributed by atoms with Crippen molar-refractivity contribution in [3.63, 3.8) is 0 Å². The van der Waals surface area contributed by atoms with Gasteiger partial charge in [0.1, 0.15) is 0 Å². The van der Waals surface area contributed by atoms with E-state index in [0.29, 0.717) is 0 Å². The van der Waals surface area contributed by atoms with E-state index in [-0.39, 0.29) is 12.0 Å². The van der Waals surface area contributed by atoms with Gasteiger partial charge in [-0.15, -0.1) is 0 Å². The molecule has 2 atom stereocenters. The van der Waals surface area contributed by atoms with Crippen LogP contribution in [0.2, 0.25) is 0 Å².